The molecule has 0 unspecified atom stereocenters. The SMILES string of the molecule is CCCCCC#CCc1nc(N)c2ncn([C@@H]3O[C@H](CO)[C@@H](O)[C@H]3O)c2n1. The zero-order chi connectivity index (χ0) is 19.4. The normalized spacial score (nSPS) is 24.9. The average Bonchev–Trinajstić information content (AvgIpc) is 3.20. The molecule has 0 radical (unpaired) electrons. The van der Waals surface area contributed by atoms with Crippen LogP contribution in [-0.2, 0) is 11.2 Å². The monoisotopic (exact) mass is 375 g/mol. The van der Waals surface area contributed by atoms with E-state index in [9.17, 15) is 15.3 Å². The van der Waals surface area contributed by atoms with E-state index in [1.54, 1.807) is 0 Å². The third-order valence-corrected chi connectivity index (χ3v) is 4.56. The average molecular weight is 375 g/mol. The number of hydrogen-bond donors (Lipinski definition) is 4. The van der Waals surface area contributed by atoms with Gasteiger partial charge in [-0.1, -0.05) is 25.7 Å². The summed E-state index contributed by atoms with van der Waals surface area (Å²) < 4.78 is 7.04. The van der Waals surface area contributed by atoms with Crippen LogP contribution in [0.1, 0.15) is 44.7 Å². The molecule has 146 valence electrons. The molecule has 0 spiro atoms. The summed E-state index contributed by atoms with van der Waals surface area (Å²) in [5.41, 5.74) is 6.76. The molecule has 0 aromatic carbocycles. The van der Waals surface area contributed by atoms with Gasteiger partial charge in [-0.05, 0) is 6.42 Å². The van der Waals surface area contributed by atoms with Gasteiger partial charge >= 0.3 is 0 Å². The van der Waals surface area contributed by atoms with Gasteiger partial charge in [0.25, 0.3) is 0 Å². The fourth-order valence-corrected chi connectivity index (χ4v) is 3.05. The number of aromatic nitrogens is 4. The van der Waals surface area contributed by atoms with Crippen LogP contribution in [0, 0.1) is 11.8 Å². The van der Waals surface area contributed by atoms with Crippen LogP contribution in [0.2, 0.25) is 0 Å². The second-order valence-corrected chi connectivity index (χ2v) is 6.57. The highest BCUT2D eigenvalue weighted by Gasteiger charge is 2.44. The first-order valence-electron chi connectivity index (χ1n) is 9.13. The zero-order valence-electron chi connectivity index (χ0n) is 15.2. The molecule has 1 fully saturated rings. The number of rotatable bonds is 6. The van der Waals surface area contributed by atoms with Gasteiger partial charge < -0.3 is 25.8 Å². The summed E-state index contributed by atoms with van der Waals surface area (Å²) in [6.07, 6.45) is 1.78. The maximum atomic E-state index is 10.2. The topological polar surface area (TPSA) is 140 Å². The highest BCUT2D eigenvalue weighted by Crippen LogP contribution is 2.31. The minimum absolute atomic E-state index is 0.216. The van der Waals surface area contributed by atoms with Crippen molar-refractivity contribution in [2.75, 3.05) is 12.3 Å². The summed E-state index contributed by atoms with van der Waals surface area (Å²) in [4.78, 5) is 12.9. The second-order valence-electron chi connectivity index (χ2n) is 6.57. The number of imidazole rings is 1. The van der Waals surface area contributed by atoms with Crippen molar-refractivity contribution in [1.29, 1.82) is 0 Å². The van der Waals surface area contributed by atoms with E-state index in [-0.39, 0.29) is 5.82 Å². The van der Waals surface area contributed by atoms with Gasteiger partial charge in [0.1, 0.15) is 29.7 Å². The number of hydrogen-bond acceptors (Lipinski definition) is 8. The predicted octanol–water partition coefficient (Wildman–Crippen LogP) is 0.146. The number of nitrogens with zero attached hydrogens (tertiary/aromatic N) is 4. The summed E-state index contributed by atoms with van der Waals surface area (Å²) in [6.45, 7) is 1.74. The van der Waals surface area contributed by atoms with Crippen molar-refractivity contribution < 1.29 is 20.1 Å². The lowest BCUT2D eigenvalue weighted by atomic mass is 10.1. The van der Waals surface area contributed by atoms with E-state index >= 15 is 0 Å². The molecule has 3 rings (SSSR count). The molecule has 1 aliphatic rings. The van der Waals surface area contributed by atoms with Crippen LogP contribution < -0.4 is 5.73 Å². The summed E-state index contributed by atoms with van der Waals surface area (Å²) in [7, 11) is 0. The van der Waals surface area contributed by atoms with E-state index in [1.165, 1.54) is 10.9 Å². The molecule has 1 aliphatic heterocycles. The van der Waals surface area contributed by atoms with Crippen molar-refractivity contribution in [1.82, 2.24) is 19.5 Å². The first-order valence-corrected chi connectivity index (χ1v) is 9.13. The minimum Gasteiger partial charge on any atom is -0.394 e. The van der Waals surface area contributed by atoms with Crippen molar-refractivity contribution in [2.24, 2.45) is 0 Å². The molecular formula is C18H25N5O4. The van der Waals surface area contributed by atoms with Gasteiger partial charge in [0, 0.05) is 6.42 Å². The van der Waals surface area contributed by atoms with E-state index in [2.05, 4.69) is 33.7 Å². The number of aliphatic hydroxyl groups is 3. The molecule has 2 aromatic rings. The van der Waals surface area contributed by atoms with Crippen LogP contribution in [-0.4, -0.2) is 59.8 Å². The van der Waals surface area contributed by atoms with Crippen LogP contribution in [0.4, 0.5) is 5.82 Å². The van der Waals surface area contributed by atoms with Crippen LogP contribution in [0.5, 0.6) is 0 Å². The van der Waals surface area contributed by atoms with Crippen molar-refractivity contribution >= 4 is 17.0 Å². The summed E-state index contributed by atoms with van der Waals surface area (Å²) in [5, 5.41) is 29.5. The van der Waals surface area contributed by atoms with E-state index in [1.807, 2.05) is 0 Å². The van der Waals surface area contributed by atoms with Crippen molar-refractivity contribution in [3.63, 3.8) is 0 Å². The molecule has 1 saturated heterocycles. The lowest BCUT2D eigenvalue weighted by Crippen LogP contribution is -2.33. The Bertz CT molecular complexity index is 843. The molecule has 0 saturated carbocycles. The van der Waals surface area contributed by atoms with Gasteiger partial charge in [0.05, 0.1) is 19.4 Å². The number of nitrogens with two attached hydrogens (primary N) is 1. The molecule has 9 nitrogen and oxygen atoms in total. The standard InChI is InChI=1S/C18H25N5O4/c1-2-3-4-5-6-7-8-12-21-16(19)13-17(22-12)23(10-20-13)18-15(26)14(25)11(9-24)27-18/h10-11,14-15,18,24-26H,2-5,8-9H2,1H3,(H2,19,21,22)/t11-,14-,15-,18-/m1/s1. The van der Waals surface area contributed by atoms with Gasteiger partial charge in [-0.3, -0.25) is 4.57 Å². The van der Waals surface area contributed by atoms with Crippen molar-refractivity contribution in [3.05, 3.63) is 12.2 Å². The maximum absolute atomic E-state index is 10.2. The lowest BCUT2D eigenvalue weighted by Gasteiger charge is -2.16. The molecule has 5 N–H and O–H groups in total. The van der Waals surface area contributed by atoms with E-state index < -0.39 is 31.1 Å². The highest BCUT2D eigenvalue weighted by atomic mass is 16.6. The van der Waals surface area contributed by atoms with Crippen molar-refractivity contribution in [2.45, 2.75) is 63.6 Å². The quantitative estimate of drug-likeness (QED) is 0.413. The first-order chi connectivity index (χ1) is 13.1. The Morgan fingerprint density at radius 1 is 1.22 bits per heavy atom. The van der Waals surface area contributed by atoms with Gasteiger partial charge in [0.2, 0.25) is 0 Å². The molecule has 2 aromatic heterocycles. The number of ether oxygens (including phenoxy) is 1. The lowest BCUT2D eigenvalue weighted by molar-refractivity contribution is -0.0511. The summed E-state index contributed by atoms with van der Waals surface area (Å²) in [6, 6.07) is 0. The largest absolute Gasteiger partial charge is 0.394 e. The molecule has 4 atom stereocenters. The van der Waals surface area contributed by atoms with Crippen LogP contribution in [0.15, 0.2) is 6.33 Å². The van der Waals surface area contributed by atoms with E-state index in [4.69, 9.17) is 10.5 Å². The van der Waals surface area contributed by atoms with Crippen molar-refractivity contribution in [3.8, 4) is 11.8 Å². The third kappa shape index (κ3) is 4.04. The number of anilines is 1. The Morgan fingerprint density at radius 2 is 2.04 bits per heavy atom. The molecule has 0 aliphatic carbocycles. The molecule has 0 bridgehead atoms. The molecule has 3 heterocycles. The molecule has 27 heavy (non-hydrogen) atoms. The molecule has 9 heteroatoms. The Morgan fingerprint density at radius 3 is 2.74 bits per heavy atom. The van der Waals surface area contributed by atoms with Crippen LogP contribution in [0.3, 0.4) is 0 Å². The zero-order valence-corrected chi connectivity index (χ0v) is 15.2. The Balaban J connectivity index is 1.83. The van der Waals surface area contributed by atoms with Gasteiger partial charge in [-0.2, -0.15) is 0 Å². The molecule has 0 amide bonds. The number of nitrogen functional groups attached to an aromatic ring is 1. The number of unbranched alkanes of at least 4 members (excludes halogenated alkanes) is 3. The second kappa shape index (κ2) is 8.63. The summed E-state index contributed by atoms with van der Waals surface area (Å²) >= 11 is 0. The molecular weight excluding hydrogens is 350 g/mol. The number of fused-ring (bicyclic) bond motifs is 1. The number of aliphatic hydroxyl groups excluding tert-OH is 3. The van der Waals surface area contributed by atoms with E-state index in [0.717, 1.165) is 25.7 Å². The Kier molecular flexibility index (Phi) is 6.23. The van der Waals surface area contributed by atoms with Gasteiger partial charge in [-0.15, -0.1) is 5.92 Å². The minimum atomic E-state index is -1.22. The third-order valence-electron chi connectivity index (χ3n) is 4.56. The van der Waals surface area contributed by atoms with Crippen LogP contribution >= 0.6 is 0 Å². The highest BCUT2D eigenvalue weighted by molar-refractivity contribution is 5.81. The first kappa shape index (κ1) is 19.5. The fraction of sp³-hybridized carbons (Fsp3) is 0.611. The van der Waals surface area contributed by atoms with Gasteiger partial charge in [-0.25, -0.2) is 15.0 Å². The Labute approximate surface area is 157 Å². The Hall–Kier alpha value is -2.25. The predicted molar refractivity (Wildman–Crippen MR) is 98.4 cm³/mol. The van der Waals surface area contributed by atoms with Gasteiger partial charge in [0.15, 0.2) is 17.7 Å². The fourth-order valence-electron chi connectivity index (χ4n) is 3.05. The maximum Gasteiger partial charge on any atom is 0.168 e. The van der Waals surface area contributed by atoms with Crippen LogP contribution in [0.25, 0.3) is 11.2 Å². The summed E-state index contributed by atoms with van der Waals surface area (Å²) in [5.74, 6) is 6.83. The smallest absolute Gasteiger partial charge is 0.168 e. The van der Waals surface area contributed by atoms with E-state index in [0.29, 0.717) is 23.4 Å².